The Morgan fingerprint density at radius 3 is 2.65 bits per heavy atom. The van der Waals surface area contributed by atoms with Gasteiger partial charge >= 0.3 is 5.56 Å². The normalized spacial score (nSPS) is 12.2. The van der Waals surface area contributed by atoms with Gasteiger partial charge in [-0.2, -0.15) is 4.68 Å². The fourth-order valence-electron chi connectivity index (χ4n) is 1.68. The van der Waals surface area contributed by atoms with Gasteiger partial charge in [-0.1, -0.05) is 40.1 Å². The molecule has 104 valence electrons. The summed E-state index contributed by atoms with van der Waals surface area (Å²) in [7, 11) is 2.90. The first-order valence-corrected chi connectivity index (χ1v) is 5.99. The van der Waals surface area contributed by atoms with Crippen molar-refractivity contribution >= 4 is 12.1 Å². The molecule has 1 heterocycles. The molecule has 0 spiro atoms. The molecular weight excluding hydrogens is 258 g/mol. The molecule has 0 aliphatic rings. The highest BCUT2D eigenvalue weighted by Crippen LogP contribution is 2.00. The predicted octanol–water partition coefficient (Wildman–Crippen LogP) is -1.07. The SMILES string of the molecule is CN=C([O-])c1c(=O)n(N=Cc2ccc(C)cc2)[nH][n+]1C. The number of nitrogens with one attached hydrogen (secondary N) is 1. The second kappa shape index (κ2) is 5.52. The van der Waals surface area contributed by atoms with Crippen molar-refractivity contribution in [3.05, 3.63) is 51.4 Å². The van der Waals surface area contributed by atoms with E-state index < -0.39 is 11.5 Å². The van der Waals surface area contributed by atoms with Crippen LogP contribution in [0.3, 0.4) is 0 Å². The van der Waals surface area contributed by atoms with Crippen molar-refractivity contribution in [2.75, 3.05) is 7.05 Å². The number of aromatic amines is 1. The molecule has 2 aromatic rings. The molecule has 0 aliphatic heterocycles. The number of benzene rings is 1. The molecule has 0 fully saturated rings. The Labute approximate surface area is 115 Å². The summed E-state index contributed by atoms with van der Waals surface area (Å²) in [6.07, 6.45) is 1.54. The molecule has 7 heteroatoms. The summed E-state index contributed by atoms with van der Waals surface area (Å²) < 4.78 is 1.30. The van der Waals surface area contributed by atoms with Gasteiger partial charge in [0.25, 0.3) is 0 Å². The van der Waals surface area contributed by atoms with E-state index in [-0.39, 0.29) is 5.69 Å². The molecule has 0 aliphatic carbocycles. The molecule has 0 atom stereocenters. The molecule has 1 N–H and O–H groups in total. The molecular formula is C13H15N5O2. The molecule has 2 rings (SSSR count). The standard InChI is InChI=1S/C13H15N5O2/c1-9-4-6-10(7-5-9)8-15-18-13(20)11(12(19)14-2)17(3)16-18/h4-8H,1-3H3,(H-,14,16,19,20). The largest absolute Gasteiger partial charge is 0.856 e. The van der Waals surface area contributed by atoms with E-state index in [4.69, 9.17) is 0 Å². The van der Waals surface area contributed by atoms with Crippen LogP contribution in [0.5, 0.6) is 0 Å². The summed E-state index contributed by atoms with van der Waals surface area (Å²) in [5, 5.41) is 18.2. The van der Waals surface area contributed by atoms with Gasteiger partial charge in [0.05, 0.1) is 6.21 Å². The average molecular weight is 273 g/mol. The van der Waals surface area contributed by atoms with Crippen LogP contribution in [0.1, 0.15) is 16.8 Å². The third kappa shape index (κ3) is 2.66. The number of H-pyrrole nitrogens is 1. The lowest BCUT2D eigenvalue weighted by atomic mass is 10.2. The van der Waals surface area contributed by atoms with E-state index in [1.807, 2.05) is 31.2 Å². The van der Waals surface area contributed by atoms with E-state index in [2.05, 4.69) is 15.3 Å². The number of rotatable bonds is 3. The number of aryl methyl sites for hydroxylation is 2. The Balaban J connectivity index is 2.36. The van der Waals surface area contributed by atoms with Crippen molar-refractivity contribution in [2.24, 2.45) is 17.1 Å². The van der Waals surface area contributed by atoms with Crippen molar-refractivity contribution in [2.45, 2.75) is 6.92 Å². The van der Waals surface area contributed by atoms with Gasteiger partial charge in [0.1, 0.15) is 7.05 Å². The molecule has 1 aromatic heterocycles. The maximum absolute atomic E-state index is 12.0. The smallest absolute Gasteiger partial charge is 0.427 e. The van der Waals surface area contributed by atoms with Crippen molar-refractivity contribution in [1.82, 2.24) is 10.0 Å². The van der Waals surface area contributed by atoms with Crippen LogP contribution in [0.4, 0.5) is 0 Å². The maximum Gasteiger partial charge on any atom is 0.427 e. The Hall–Kier alpha value is -2.70. The van der Waals surface area contributed by atoms with Gasteiger partial charge in [0, 0.05) is 17.7 Å². The first-order valence-electron chi connectivity index (χ1n) is 5.99. The van der Waals surface area contributed by atoms with Crippen LogP contribution in [-0.2, 0) is 7.05 Å². The first kappa shape index (κ1) is 13.7. The van der Waals surface area contributed by atoms with Gasteiger partial charge in [0.2, 0.25) is 5.69 Å². The van der Waals surface area contributed by atoms with Crippen molar-refractivity contribution in [3.8, 4) is 0 Å². The van der Waals surface area contributed by atoms with Crippen LogP contribution in [0.15, 0.2) is 39.2 Å². The molecule has 1 aromatic carbocycles. The second-order valence-corrected chi connectivity index (χ2v) is 4.31. The lowest BCUT2D eigenvalue weighted by Crippen LogP contribution is -2.43. The van der Waals surface area contributed by atoms with E-state index in [1.54, 1.807) is 7.05 Å². The van der Waals surface area contributed by atoms with Crippen LogP contribution < -0.4 is 15.3 Å². The number of hydrogen-bond acceptors (Lipinski definition) is 4. The Bertz CT molecular complexity index is 722. The summed E-state index contributed by atoms with van der Waals surface area (Å²) in [6, 6.07) is 7.67. The van der Waals surface area contributed by atoms with Crippen LogP contribution in [0.25, 0.3) is 0 Å². The molecule has 0 radical (unpaired) electrons. The number of aromatic nitrogens is 3. The minimum Gasteiger partial charge on any atom is -0.856 e. The fraction of sp³-hybridized carbons (Fsp3) is 0.231. The highest BCUT2D eigenvalue weighted by atomic mass is 16.3. The summed E-state index contributed by atoms with van der Waals surface area (Å²) >= 11 is 0. The zero-order valence-electron chi connectivity index (χ0n) is 11.5. The monoisotopic (exact) mass is 273 g/mol. The van der Waals surface area contributed by atoms with Crippen molar-refractivity contribution in [1.29, 1.82) is 0 Å². The third-order valence-corrected chi connectivity index (χ3v) is 2.78. The van der Waals surface area contributed by atoms with E-state index in [1.165, 1.54) is 17.9 Å². The molecule has 0 saturated carbocycles. The Morgan fingerprint density at radius 2 is 2.05 bits per heavy atom. The predicted molar refractivity (Wildman–Crippen MR) is 72.9 cm³/mol. The quantitative estimate of drug-likeness (QED) is 0.438. The number of nitrogens with zero attached hydrogens (tertiary/aromatic N) is 4. The zero-order chi connectivity index (χ0) is 14.7. The van der Waals surface area contributed by atoms with E-state index in [9.17, 15) is 9.90 Å². The molecule has 0 unspecified atom stereocenters. The van der Waals surface area contributed by atoms with Crippen LogP contribution in [0, 0.1) is 6.92 Å². The van der Waals surface area contributed by atoms with Crippen molar-refractivity contribution < 1.29 is 9.79 Å². The maximum atomic E-state index is 12.0. The molecule has 0 bridgehead atoms. The van der Waals surface area contributed by atoms with Crippen molar-refractivity contribution in [3.63, 3.8) is 0 Å². The fourth-order valence-corrected chi connectivity index (χ4v) is 1.68. The average Bonchev–Trinajstić information content (AvgIpc) is 2.72. The van der Waals surface area contributed by atoms with Crippen LogP contribution in [0.2, 0.25) is 0 Å². The van der Waals surface area contributed by atoms with Gasteiger partial charge in [-0.15, -0.1) is 0 Å². The molecule has 7 nitrogen and oxygen atoms in total. The van der Waals surface area contributed by atoms with Gasteiger partial charge in [0.15, 0.2) is 0 Å². The minimum atomic E-state index is -0.585. The highest BCUT2D eigenvalue weighted by molar-refractivity contribution is 5.86. The molecule has 20 heavy (non-hydrogen) atoms. The van der Waals surface area contributed by atoms with Gasteiger partial charge in [-0.05, 0) is 12.5 Å². The van der Waals surface area contributed by atoms with E-state index in [0.29, 0.717) is 0 Å². The number of hydrogen-bond donors (Lipinski definition) is 1. The summed E-state index contributed by atoms with van der Waals surface area (Å²) in [5.41, 5.74) is 1.40. The van der Waals surface area contributed by atoms with Gasteiger partial charge in [-0.3, -0.25) is 4.99 Å². The highest BCUT2D eigenvalue weighted by Gasteiger charge is 2.18. The molecule has 0 amide bonds. The van der Waals surface area contributed by atoms with Crippen LogP contribution >= 0.6 is 0 Å². The minimum absolute atomic E-state index is 0.0615. The number of aliphatic imine (C=N–C) groups is 1. The van der Waals surface area contributed by atoms with E-state index in [0.717, 1.165) is 15.9 Å². The molecule has 0 saturated heterocycles. The lowest BCUT2D eigenvalue weighted by molar-refractivity contribution is -0.735. The zero-order valence-corrected chi connectivity index (χ0v) is 11.5. The summed E-state index contributed by atoms with van der Waals surface area (Å²) in [4.78, 5) is 16.5. The first-order chi connectivity index (χ1) is 9.52. The topological polar surface area (TPSA) is 89.4 Å². The third-order valence-electron chi connectivity index (χ3n) is 2.78. The summed E-state index contributed by atoms with van der Waals surface area (Å²) in [5.74, 6) is -0.585. The second-order valence-electron chi connectivity index (χ2n) is 4.31. The summed E-state index contributed by atoms with van der Waals surface area (Å²) in [6.45, 7) is 1.99. The van der Waals surface area contributed by atoms with E-state index >= 15 is 0 Å². The lowest BCUT2D eigenvalue weighted by Gasteiger charge is -2.01. The van der Waals surface area contributed by atoms with Gasteiger partial charge < -0.3 is 5.11 Å². The van der Waals surface area contributed by atoms with Gasteiger partial charge in [-0.25, -0.2) is 4.79 Å². The van der Waals surface area contributed by atoms with Crippen LogP contribution in [-0.4, -0.2) is 29.2 Å². The Morgan fingerprint density at radius 1 is 1.40 bits per heavy atom. The Kier molecular flexibility index (Phi) is 3.79.